The van der Waals surface area contributed by atoms with Gasteiger partial charge in [-0.3, -0.25) is 0 Å². The number of rotatable bonds is 3. The van der Waals surface area contributed by atoms with Crippen LogP contribution in [0, 0.1) is 5.92 Å². The quantitative estimate of drug-likeness (QED) is 0.898. The summed E-state index contributed by atoms with van der Waals surface area (Å²) in [6, 6.07) is 3.58. The molecule has 0 radical (unpaired) electrons. The highest BCUT2D eigenvalue weighted by molar-refractivity contribution is 5.57. The number of benzene rings is 1. The fraction of sp³-hybridized carbons (Fsp3) is 0.571. The first-order valence-corrected chi connectivity index (χ1v) is 6.66. The predicted molar refractivity (Wildman–Crippen MR) is 71.3 cm³/mol. The molecule has 112 valence electrons. The first-order valence-electron chi connectivity index (χ1n) is 6.66. The van der Waals surface area contributed by atoms with E-state index in [4.69, 9.17) is 5.73 Å². The molecule has 0 saturated carbocycles. The lowest BCUT2D eigenvalue weighted by molar-refractivity contribution is -0.137. The number of halogens is 3. The Bertz CT molecular complexity index is 476. The highest BCUT2D eigenvalue weighted by Crippen LogP contribution is 2.36. The largest absolute Gasteiger partial charge is 0.416 e. The minimum absolute atomic E-state index is 0.00774. The molecule has 1 fully saturated rings. The zero-order chi connectivity index (χ0) is 14.9. The number of nitrogens with two attached hydrogens (primary N) is 1. The molecule has 1 saturated heterocycles. The van der Waals surface area contributed by atoms with E-state index in [-0.39, 0.29) is 19.2 Å². The van der Waals surface area contributed by atoms with Crippen LogP contribution < -0.4 is 10.6 Å². The van der Waals surface area contributed by atoms with Gasteiger partial charge in [0.1, 0.15) is 0 Å². The molecule has 2 atom stereocenters. The Morgan fingerprint density at radius 2 is 2.10 bits per heavy atom. The van der Waals surface area contributed by atoms with Gasteiger partial charge in [-0.15, -0.1) is 0 Å². The molecule has 1 aromatic rings. The Labute approximate surface area is 116 Å². The Morgan fingerprint density at radius 3 is 2.65 bits per heavy atom. The molecule has 0 aromatic heterocycles. The van der Waals surface area contributed by atoms with E-state index in [9.17, 15) is 18.3 Å². The van der Waals surface area contributed by atoms with Gasteiger partial charge in [-0.05, 0) is 36.1 Å². The maximum absolute atomic E-state index is 12.7. The van der Waals surface area contributed by atoms with Crippen LogP contribution in [0.25, 0.3) is 0 Å². The van der Waals surface area contributed by atoms with Crippen LogP contribution in [0.2, 0.25) is 0 Å². The third-order valence-electron chi connectivity index (χ3n) is 4.01. The molecule has 3 nitrogen and oxygen atoms in total. The highest BCUT2D eigenvalue weighted by Gasteiger charge is 2.34. The molecular weight excluding hydrogens is 269 g/mol. The second-order valence-electron chi connectivity index (χ2n) is 5.25. The third kappa shape index (κ3) is 2.76. The van der Waals surface area contributed by atoms with Crippen molar-refractivity contribution in [3.8, 4) is 0 Å². The van der Waals surface area contributed by atoms with Crippen LogP contribution in [0.5, 0.6) is 0 Å². The molecule has 20 heavy (non-hydrogen) atoms. The van der Waals surface area contributed by atoms with Gasteiger partial charge < -0.3 is 15.7 Å². The van der Waals surface area contributed by atoms with E-state index in [2.05, 4.69) is 0 Å². The number of hydrogen-bond donors (Lipinski definition) is 2. The van der Waals surface area contributed by atoms with Crippen molar-refractivity contribution in [2.75, 3.05) is 18.1 Å². The summed E-state index contributed by atoms with van der Waals surface area (Å²) >= 11 is 0. The minimum Gasteiger partial charge on any atom is -0.394 e. The fourth-order valence-corrected chi connectivity index (χ4v) is 2.79. The Morgan fingerprint density at radius 1 is 1.40 bits per heavy atom. The highest BCUT2D eigenvalue weighted by atomic mass is 19.4. The van der Waals surface area contributed by atoms with E-state index in [0.717, 1.165) is 25.1 Å². The summed E-state index contributed by atoms with van der Waals surface area (Å²) in [5.41, 5.74) is 6.07. The Kier molecular flexibility index (Phi) is 4.25. The Balaban J connectivity index is 2.37. The average molecular weight is 288 g/mol. The topological polar surface area (TPSA) is 49.5 Å². The van der Waals surface area contributed by atoms with Gasteiger partial charge in [0.25, 0.3) is 0 Å². The number of aliphatic hydroxyl groups excluding tert-OH is 1. The summed E-state index contributed by atoms with van der Waals surface area (Å²) < 4.78 is 38.2. The lowest BCUT2D eigenvalue weighted by Gasteiger charge is -2.29. The Hall–Kier alpha value is -1.27. The van der Waals surface area contributed by atoms with Gasteiger partial charge in [-0.2, -0.15) is 13.2 Å². The maximum Gasteiger partial charge on any atom is 0.416 e. The molecule has 1 aliphatic heterocycles. The third-order valence-corrected chi connectivity index (χ3v) is 4.01. The van der Waals surface area contributed by atoms with Gasteiger partial charge in [0.2, 0.25) is 0 Å². The van der Waals surface area contributed by atoms with E-state index in [1.165, 1.54) is 6.07 Å². The summed E-state index contributed by atoms with van der Waals surface area (Å²) in [7, 11) is 0. The van der Waals surface area contributed by atoms with Crippen molar-refractivity contribution in [2.24, 2.45) is 11.7 Å². The van der Waals surface area contributed by atoms with Gasteiger partial charge in [-0.25, -0.2) is 0 Å². The van der Waals surface area contributed by atoms with Crippen LogP contribution in [0.4, 0.5) is 18.9 Å². The summed E-state index contributed by atoms with van der Waals surface area (Å²) in [5.74, 6) is 0.313. The zero-order valence-corrected chi connectivity index (χ0v) is 11.3. The number of alkyl halides is 3. The smallest absolute Gasteiger partial charge is 0.394 e. The van der Waals surface area contributed by atoms with Gasteiger partial charge in [0, 0.05) is 18.8 Å². The molecule has 1 aliphatic rings. The van der Waals surface area contributed by atoms with E-state index in [0.29, 0.717) is 17.2 Å². The second-order valence-corrected chi connectivity index (χ2v) is 5.25. The van der Waals surface area contributed by atoms with Crippen LogP contribution in [0.1, 0.15) is 24.5 Å². The van der Waals surface area contributed by atoms with Gasteiger partial charge in [0.05, 0.1) is 18.2 Å². The molecule has 0 amide bonds. The first-order chi connectivity index (χ1) is 9.38. The molecule has 0 bridgehead atoms. The standard InChI is InChI=1S/C14H19F3N2O/c1-9-4-5-19(13(9)8-20)12-3-2-11(14(15,16)17)6-10(12)7-18/h2-3,6,9,13,20H,4-5,7-8,18H2,1H3. The van der Waals surface area contributed by atoms with Crippen molar-refractivity contribution in [1.82, 2.24) is 0 Å². The second kappa shape index (κ2) is 5.61. The van der Waals surface area contributed by atoms with Crippen LogP contribution in [-0.4, -0.2) is 24.3 Å². The molecule has 2 rings (SSSR count). The molecule has 6 heteroatoms. The summed E-state index contributed by atoms with van der Waals surface area (Å²) in [5, 5.41) is 9.46. The van der Waals surface area contributed by atoms with Crippen LogP contribution in [0.15, 0.2) is 18.2 Å². The molecule has 0 aliphatic carbocycles. The molecule has 3 N–H and O–H groups in total. The van der Waals surface area contributed by atoms with Crippen LogP contribution in [-0.2, 0) is 12.7 Å². The van der Waals surface area contributed by atoms with Gasteiger partial charge >= 0.3 is 6.18 Å². The van der Waals surface area contributed by atoms with Gasteiger partial charge in [-0.1, -0.05) is 6.92 Å². The normalized spacial score (nSPS) is 23.4. The first kappa shape index (κ1) is 15.1. The summed E-state index contributed by atoms with van der Waals surface area (Å²) in [6.07, 6.45) is -3.45. The van der Waals surface area contributed by atoms with Crippen molar-refractivity contribution in [3.05, 3.63) is 29.3 Å². The van der Waals surface area contributed by atoms with Crippen LogP contribution in [0.3, 0.4) is 0 Å². The van der Waals surface area contributed by atoms with Crippen molar-refractivity contribution in [2.45, 2.75) is 32.1 Å². The molecule has 1 heterocycles. The van der Waals surface area contributed by atoms with Crippen molar-refractivity contribution in [1.29, 1.82) is 0 Å². The fourth-order valence-electron chi connectivity index (χ4n) is 2.79. The van der Waals surface area contributed by atoms with Crippen molar-refractivity contribution >= 4 is 5.69 Å². The lowest BCUT2D eigenvalue weighted by Crippen LogP contribution is -2.36. The molecule has 0 spiro atoms. The molecule has 1 aromatic carbocycles. The predicted octanol–water partition coefficient (Wildman–Crippen LogP) is 2.37. The van der Waals surface area contributed by atoms with Gasteiger partial charge in [0.15, 0.2) is 0 Å². The van der Waals surface area contributed by atoms with Crippen molar-refractivity contribution in [3.63, 3.8) is 0 Å². The van der Waals surface area contributed by atoms with E-state index in [1.54, 1.807) is 0 Å². The minimum atomic E-state index is -4.36. The van der Waals surface area contributed by atoms with Crippen molar-refractivity contribution < 1.29 is 18.3 Å². The summed E-state index contributed by atoms with van der Waals surface area (Å²) in [6.45, 7) is 2.80. The van der Waals surface area contributed by atoms with E-state index in [1.807, 2.05) is 11.8 Å². The van der Waals surface area contributed by atoms with E-state index < -0.39 is 11.7 Å². The monoisotopic (exact) mass is 288 g/mol. The molecular formula is C14H19F3N2O. The van der Waals surface area contributed by atoms with Crippen LogP contribution >= 0.6 is 0 Å². The average Bonchev–Trinajstić information content (AvgIpc) is 2.77. The van der Waals surface area contributed by atoms with E-state index >= 15 is 0 Å². The summed E-state index contributed by atoms with van der Waals surface area (Å²) in [4.78, 5) is 1.97. The number of nitrogens with zero attached hydrogens (tertiary/aromatic N) is 1. The number of aliphatic hydroxyl groups is 1. The molecule has 2 unspecified atom stereocenters. The SMILES string of the molecule is CC1CCN(c2ccc(C(F)(F)F)cc2CN)C1CO. The lowest BCUT2D eigenvalue weighted by atomic mass is 10.0. The number of anilines is 1. The maximum atomic E-state index is 12.7. The number of hydrogen-bond acceptors (Lipinski definition) is 3. The zero-order valence-electron chi connectivity index (χ0n) is 11.3.